The Morgan fingerprint density at radius 2 is 1.83 bits per heavy atom. The highest BCUT2D eigenvalue weighted by molar-refractivity contribution is 5.12. The fourth-order valence-corrected chi connectivity index (χ4v) is 3.09. The Morgan fingerprint density at radius 3 is 2.43 bits per heavy atom. The van der Waals surface area contributed by atoms with Crippen molar-refractivity contribution in [3.8, 4) is 0 Å². The molecule has 1 fully saturated rings. The highest BCUT2D eigenvalue weighted by atomic mass is 16.3. The maximum Gasteiger partial charge on any atom is 0.0990 e. The van der Waals surface area contributed by atoms with Crippen LogP contribution in [0.2, 0.25) is 0 Å². The van der Waals surface area contributed by atoms with Crippen molar-refractivity contribution in [2.45, 2.75) is 69.9 Å². The van der Waals surface area contributed by atoms with E-state index in [4.69, 9.17) is 0 Å². The number of aromatic nitrogens is 3. The molecule has 1 aliphatic heterocycles. The van der Waals surface area contributed by atoms with Gasteiger partial charge in [-0.3, -0.25) is 0 Å². The number of nitrogens with one attached hydrogen (secondary N) is 1. The minimum absolute atomic E-state index is 0.0106. The van der Waals surface area contributed by atoms with Gasteiger partial charge in [0, 0.05) is 13.0 Å². The average molecular weight is 328 g/mol. The minimum atomic E-state index is -1.00. The number of aliphatic hydroxyl groups is 4. The summed E-state index contributed by atoms with van der Waals surface area (Å²) in [5, 5.41) is 49.8. The van der Waals surface area contributed by atoms with Gasteiger partial charge in [-0.05, 0) is 12.8 Å². The summed E-state index contributed by atoms with van der Waals surface area (Å²) < 4.78 is 1.69. The SMILES string of the molecule is CCCCCc1nnn(C[C@H]2N[C@H](CO)[C@@H](O)[C@@H]2O)c1CCO. The van der Waals surface area contributed by atoms with Crippen LogP contribution in [-0.4, -0.2) is 72.9 Å². The Bertz CT molecular complexity index is 482. The molecule has 0 amide bonds. The first-order valence-corrected chi connectivity index (χ1v) is 8.37. The van der Waals surface area contributed by atoms with Crippen molar-refractivity contribution in [3.63, 3.8) is 0 Å². The predicted octanol–water partition coefficient (Wildman–Crippen LogP) is -1.40. The van der Waals surface area contributed by atoms with Crippen LogP contribution >= 0.6 is 0 Å². The zero-order valence-corrected chi connectivity index (χ0v) is 13.6. The second-order valence-electron chi connectivity index (χ2n) is 6.14. The molecule has 5 N–H and O–H groups in total. The Balaban J connectivity index is 2.07. The van der Waals surface area contributed by atoms with Crippen LogP contribution in [0.15, 0.2) is 0 Å². The van der Waals surface area contributed by atoms with Crippen LogP contribution in [0.5, 0.6) is 0 Å². The zero-order chi connectivity index (χ0) is 16.8. The zero-order valence-electron chi connectivity index (χ0n) is 13.6. The van der Waals surface area contributed by atoms with Crippen LogP contribution in [0.3, 0.4) is 0 Å². The number of rotatable bonds is 9. The molecule has 2 heterocycles. The van der Waals surface area contributed by atoms with Crippen molar-refractivity contribution in [2.24, 2.45) is 0 Å². The molecule has 8 nitrogen and oxygen atoms in total. The molecule has 23 heavy (non-hydrogen) atoms. The summed E-state index contributed by atoms with van der Waals surface area (Å²) in [6, 6.07) is -0.950. The normalized spacial score (nSPS) is 27.7. The maximum absolute atomic E-state index is 10.1. The van der Waals surface area contributed by atoms with Gasteiger partial charge in [-0.1, -0.05) is 25.0 Å². The van der Waals surface area contributed by atoms with E-state index in [1.807, 2.05) is 0 Å². The van der Waals surface area contributed by atoms with Crippen LogP contribution in [0.4, 0.5) is 0 Å². The highest BCUT2D eigenvalue weighted by Crippen LogP contribution is 2.18. The van der Waals surface area contributed by atoms with Gasteiger partial charge in [0.15, 0.2) is 0 Å². The predicted molar refractivity (Wildman–Crippen MR) is 83.9 cm³/mol. The largest absolute Gasteiger partial charge is 0.396 e. The van der Waals surface area contributed by atoms with E-state index < -0.39 is 24.3 Å². The van der Waals surface area contributed by atoms with E-state index in [9.17, 15) is 20.4 Å². The Kier molecular flexibility index (Phi) is 6.91. The summed E-state index contributed by atoms with van der Waals surface area (Å²) in [7, 11) is 0. The summed E-state index contributed by atoms with van der Waals surface area (Å²) in [5.41, 5.74) is 1.76. The van der Waals surface area contributed by atoms with Crippen LogP contribution in [0, 0.1) is 0 Å². The molecule has 132 valence electrons. The maximum atomic E-state index is 10.1. The Hall–Kier alpha value is -1.06. The molecule has 0 aliphatic carbocycles. The third kappa shape index (κ3) is 4.27. The number of unbranched alkanes of at least 4 members (excludes halogenated alkanes) is 2. The summed E-state index contributed by atoms with van der Waals surface area (Å²) in [4.78, 5) is 0. The first-order chi connectivity index (χ1) is 11.1. The Morgan fingerprint density at radius 1 is 1.09 bits per heavy atom. The number of aliphatic hydroxyl groups excluding tert-OH is 4. The van der Waals surface area contributed by atoms with Crippen molar-refractivity contribution in [2.75, 3.05) is 13.2 Å². The van der Waals surface area contributed by atoms with Crippen LogP contribution in [0.1, 0.15) is 37.6 Å². The van der Waals surface area contributed by atoms with Crippen molar-refractivity contribution < 1.29 is 20.4 Å². The number of aryl methyl sites for hydroxylation is 1. The lowest BCUT2D eigenvalue weighted by molar-refractivity contribution is 0.0174. The lowest BCUT2D eigenvalue weighted by Crippen LogP contribution is -2.38. The van der Waals surface area contributed by atoms with Gasteiger partial charge in [-0.15, -0.1) is 5.10 Å². The molecule has 0 aromatic carbocycles. The van der Waals surface area contributed by atoms with E-state index in [0.717, 1.165) is 37.1 Å². The third-order valence-corrected chi connectivity index (χ3v) is 4.45. The van der Waals surface area contributed by atoms with E-state index in [1.54, 1.807) is 4.68 Å². The fraction of sp³-hybridized carbons (Fsp3) is 0.867. The molecule has 1 aromatic rings. The van der Waals surface area contributed by atoms with Gasteiger partial charge in [0.05, 0.1) is 48.8 Å². The smallest absolute Gasteiger partial charge is 0.0990 e. The van der Waals surface area contributed by atoms with E-state index in [0.29, 0.717) is 13.0 Å². The van der Waals surface area contributed by atoms with E-state index in [2.05, 4.69) is 22.6 Å². The molecule has 1 aromatic heterocycles. The van der Waals surface area contributed by atoms with Crippen LogP contribution in [-0.2, 0) is 19.4 Å². The van der Waals surface area contributed by atoms with Gasteiger partial charge in [-0.2, -0.15) is 0 Å². The Labute approximate surface area is 136 Å². The van der Waals surface area contributed by atoms with Crippen LogP contribution < -0.4 is 5.32 Å². The van der Waals surface area contributed by atoms with Gasteiger partial charge >= 0.3 is 0 Å². The molecule has 2 rings (SSSR count). The summed E-state index contributed by atoms with van der Waals surface area (Å²) >= 11 is 0. The second kappa shape index (κ2) is 8.70. The molecule has 0 unspecified atom stereocenters. The molecule has 0 saturated carbocycles. The second-order valence-corrected chi connectivity index (χ2v) is 6.14. The summed E-state index contributed by atoms with van der Waals surface area (Å²) in [6.45, 7) is 2.25. The van der Waals surface area contributed by atoms with E-state index >= 15 is 0 Å². The first-order valence-electron chi connectivity index (χ1n) is 8.37. The van der Waals surface area contributed by atoms with Gasteiger partial charge < -0.3 is 25.7 Å². The van der Waals surface area contributed by atoms with Gasteiger partial charge in [0.2, 0.25) is 0 Å². The van der Waals surface area contributed by atoms with E-state index in [-0.39, 0.29) is 13.2 Å². The average Bonchev–Trinajstić information content (AvgIpc) is 3.04. The van der Waals surface area contributed by atoms with E-state index in [1.165, 1.54) is 0 Å². The summed E-state index contributed by atoms with van der Waals surface area (Å²) in [6.07, 6.45) is 2.60. The molecule has 1 saturated heterocycles. The highest BCUT2D eigenvalue weighted by Gasteiger charge is 2.41. The molecular weight excluding hydrogens is 300 g/mol. The molecule has 0 bridgehead atoms. The van der Waals surface area contributed by atoms with Crippen molar-refractivity contribution in [1.82, 2.24) is 20.3 Å². The van der Waals surface area contributed by atoms with Crippen molar-refractivity contribution >= 4 is 0 Å². The van der Waals surface area contributed by atoms with Crippen molar-refractivity contribution in [3.05, 3.63) is 11.4 Å². The quantitative estimate of drug-likeness (QED) is 0.353. The van der Waals surface area contributed by atoms with Gasteiger partial charge in [0.1, 0.15) is 0 Å². The number of hydrogen-bond donors (Lipinski definition) is 5. The van der Waals surface area contributed by atoms with Gasteiger partial charge in [0.25, 0.3) is 0 Å². The molecule has 1 aliphatic rings. The first kappa shape index (κ1) is 18.3. The third-order valence-electron chi connectivity index (χ3n) is 4.45. The number of hydrogen-bond acceptors (Lipinski definition) is 7. The fourth-order valence-electron chi connectivity index (χ4n) is 3.09. The number of nitrogens with zero attached hydrogens (tertiary/aromatic N) is 3. The lowest BCUT2D eigenvalue weighted by atomic mass is 10.1. The molecule has 0 radical (unpaired) electrons. The standard InChI is InChI=1S/C15H28N4O4/c1-2-3-4-5-10-13(6-7-20)19(18-17-10)8-11-14(22)15(23)12(9-21)16-11/h11-12,14-16,20-23H,2-9H2,1H3/t11-,12-,14-,15-/m1/s1. The lowest BCUT2D eigenvalue weighted by Gasteiger charge is -2.17. The molecule has 0 spiro atoms. The monoisotopic (exact) mass is 328 g/mol. The van der Waals surface area contributed by atoms with Crippen molar-refractivity contribution in [1.29, 1.82) is 0 Å². The molecular formula is C15H28N4O4. The topological polar surface area (TPSA) is 124 Å². The van der Waals surface area contributed by atoms with Gasteiger partial charge in [-0.25, -0.2) is 4.68 Å². The minimum Gasteiger partial charge on any atom is -0.396 e. The molecule has 8 heteroatoms. The van der Waals surface area contributed by atoms with Crippen LogP contribution in [0.25, 0.3) is 0 Å². The summed E-state index contributed by atoms with van der Waals surface area (Å²) in [5.74, 6) is 0. The molecule has 4 atom stereocenters.